The maximum absolute atomic E-state index is 12.1. The molecular formula is C13H11BrN2OS. The Kier molecular flexibility index (Phi) is 2.87. The molecule has 1 aromatic carbocycles. The number of nitrogens with zero attached hydrogens (tertiary/aromatic N) is 1. The minimum atomic E-state index is -0.0938. The number of halogens is 1. The number of fused-ring (bicyclic) bond motifs is 1. The summed E-state index contributed by atoms with van der Waals surface area (Å²) in [5, 5.41) is 5.05. The Bertz CT molecular complexity index is 611. The zero-order valence-electron chi connectivity index (χ0n) is 9.68. The molecule has 5 heteroatoms. The van der Waals surface area contributed by atoms with Gasteiger partial charge in [-0.15, -0.1) is 11.3 Å². The fourth-order valence-corrected chi connectivity index (χ4v) is 3.68. The van der Waals surface area contributed by atoms with Gasteiger partial charge >= 0.3 is 0 Å². The van der Waals surface area contributed by atoms with Gasteiger partial charge < -0.3 is 10.2 Å². The minimum Gasteiger partial charge on any atom is -0.349 e. The quantitative estimate of drug-likeness (QED) is 0.872. The van der Waals surface area contributed by atoms with E-state index in [1.807, 2.05) is 42.8 Å². The summed E-state index contributed by atoms with van der Waals surface area (Å²) < 4.78 is 1.05. The molecule has 3 rings (SSSR count). The molecule has 2 aromatic rings. The van der Waals surface area contributed by atoms with Crippen molar-refractivity contribution in [3.63, 3.8) is 0 Å². The summed E-state index contributed by atoms with van der Waals surface area (Å²) in [5.41, 5.74) is 1.70. The molecule has 0 saturated carbocycles. The summed E-state index contributed by atoms with van der Waals surface area (Å²) >= 11 is 5.08. The highest BCUT2D eigenvalue weighted by atomic mass is 79.9. The van der Waals surface area contributed by atoms with Crippen LogP contribution >= 0.6 is 27.3 Å². The minimum absolute atomic E-state index is 0.0155. The van der Waals surface area contributed by atoms with Gasteiger partial charge in [-0.05, 0) is 34.1 Å². The first kappa shape index (κ1) is 11.7. The van der Waals surface area contributed by atoms with Gasteiger partial charge in [0.25, 0.3) is 5.91 Å². The van der Waals surface area contributed by atoms with Crippen molar-refractivity contribution in [1.82, 2.24) is 5.32 Å². The zero-order chi connectivity index (χ0) is 12.7. The number of carbonyl (C=O) groups is 1. The van der Waals surface area contributed by atoms with Crippen LogP contribution in [-0.4, -0.2) is 13.0 Å². The lowest BCUT2D eigenvalue weighted by molar-refractivity contribution is 0.0929. The third kappa shape index (κ3) is 1.83. The first-order valence-electron chi connectivity index (χ1n) is 5.53. The van der Waals surface area contributed by atoms with Gasteiger partial charge in [-0.1, -0.05) is 12.1 Å². The molecule has 0 unspecified atom stereocenters. The van der Waals surface area contributed by atoms with Crippen molar-refractivity contribution in [2.24, 2.45) is 0 Å². The van der Waals surface area contributed by atoms with Gasteiger partial charge in [-0.25, -0.2) is 0 Å². The van der Waals surface area contributed by atoms with E-state index in [0.29, 0.717) is 0 Å². The molecule has 0 aliphatic carbocycles. The van der Waals surface area contributed by atoms with Crippen molar-refractivity contribution in [2.45, 2.75) is 6.17 Å². The van der Waals surface area contributed by atoms with Crippen molar-refractivity contribution >= 4 is 38.9 Å². The molecule has 1 aliphatic heterocycles. The van der Waals surface area contributed by atoms with Gasteiger partial charge in [-0.2, -0.15) is 0 Å². The van der Waals surface area contributed by atoms with E-state index in [0.717, 1.165) is 20.6 Å². The number of amides is 1. The molecule has 2 heterocycles. The average molecular weight is 323 g/mol. The van der Waals surface area contributed by atoms with Crippen LogP contribution in [0.4, 0.5) is 5.69 Å². The van der Waals surface area contributed by atoms with Gasteiger partial charge in [-0.3, -0.25) is 4.79 Å². The smallest absolute Gasteiger partial charge is 0.255 e. The van der Waals surface area contributed by atoms with Gasteiger partial charge in [0.1, 0.15) is 6.17 Å². The molecule has 92 valence electrons. The van der Waals surface area contributed by atoms with Crippen LogP contribution in [0.15, 0.2) is 40.2 Å². The van der Waals surface area contributed by atoms with E-state index in [2.05, 4.69) is 26.1 Å². The normalized spacial score (nSPS) is 18.4. The Hall–Kier alpha value is -1.33. The Morgan fingerprint density at radius 3 is 2.89 bits per heavy atom. The monoisotopic (exact) mass is 322 g/mol. The van der Waals surface area contributed by atoms with Gasteiger partial charge in [0.15, 0.2) is 0 Å². The Morgan fingerprint density at radius 1 is 1.39 bits per heavy atom. The number of nitrogens with one attached hydrogen (secondary N) is 1. The lowest BCUT2D eigenvalue weighted by atomic mass is 10.1. The van der Waals surface area contributed by atoms with Gasteiger partial charge in [0.05, 0.1) is 11.3 Å². The zero-order valence-corrected chi connectivity index (χ0v) is 12.1. The lowest BCUT2D eigenvalue weighted by Gasteiger charge is -2.35. The second kappa shape index (κ2) is 4.40. The van der Waals surface area contributed by atoms with E-state index >= 15 is 0 Å². The van der Waals surface area contributed by atoms with E-state index in [-0.39, 0.29) is 12.1 Å². The van der Waals surface area contributed by atoms with E-state index in [1.54, 1.807) is 11.3 Å². The number of carbonyl (C=O) groups excluding carboxylic acids is 1. The molecule has 0 spiro atoms. The fraction of sp³-hybridized carbons (Fsp3) is 0.154. The number of hydrogen-bond acceptors (Lipinski definition) is 3. The van der Waals surface area contributed by atoms with Crippen LogP contribution in [0.2, 0.25) is 0 Å². The van der Waals surface area contributed by atoms with Crippen molar-refractivity contribution in [2.75, 3.05) is 11.9 Å². The second-order valence-corrected chi connectivity index (χ2v) is 6.03. The Morgan fingerprint density at radius 2 is 2.17 bits per heavy atom. The molecule has 0 radical (unpaired) electrons. The van der Waals surface area contributed by atoms with Crippen molar-refractivity contribution in [3.8, 4) is 0 Å². The molecular weight excluding hydrogens is 312 g/mol. The van der Waals surface area contributed by atoms with Gasteiger partial charge in [0, 0.05) is 21.8 Å². The van der Waals surface area contributed by atoms with Crippen LogP contribution < -0.4 is 10.2 Å². The van der Waals surface area contributed by atoms with Crippen molar-refractivity contribution in [1.29, 1.82) is 0 Å². The Balaban J connectivity index is 2.04. The molecule has 1 amide bonds. The summed E-state index contributed by atoms with van der Waals surface area (Å²) in [5.74, 6) is -0.0155. The largest absolute Gasteiger partial charge is 0.349 e. The number of rotatable bonds is 1. The van der Waals surface area contributed by atoms with E-state index in [9.17, 15) is 4.79 Å². The van der Waals surface area contributed by atoms with E-state index < -0.39 is 0 Å². The molecule has 0 fully saturated rings. The molecule has 1 atom stereocenters. The summed E-state index contributed by atoms with van der Waals surface area (Å²) in [6.07, 6.45) is -0.0938. The van der Waals surface area contributed by atoms with Crippen molar-refractivity contribution in [3.05, 3.63) is 50.6 Å². The predicted octanol–water partition coefficient (Wildman–Crippen LogP) is 3.39. The number of thiophene rings is 1. The van der Waals surface area contributed by atoms with Crippen LogP contribution in [0.3, 0.4) is 0 Å². The van der Waals surface area contributed by atoms with Crippen LogP contribution in [0.25, 0.3) is 0 Å². The van der Waals surface area contributed by atoms with E-state index in [4.69, 9.17) is 0 Å². The highest BCUT2D eigenvalue weighted by Crippen LogP contribution is 2.34. The summed E-state index contributed by atoms with van der Waals surface area (Å²) in [7, 11) is 2.00. The summed E-state index contributed by atoms with van der Waals surface area (Å²) in [4.78, 5) is 15.3. The van der Waals surface area contributed by atoms with E-state index in [1.165, 1.54) is 0 Å². The molecule has 18 heavy (non-hydrogen) atoms. The highest BCUT2D eigenvalue weighted by molar-refractivity contribution is 9.10. The second-order valence-electron chi connectivity index (χ2n) is 4.17. The summed E-state index contributed by atoms with van der Waals surface area (Å²) in [6.45, 7) is 0. The maximum Gasteiger partial charge on any atom is 0.255 e. The highest BCUT2D eigenvalue weighted by Gasteiger charge is 2.29. The van der Waals surface area contributed by atoms with Gasteiger partial charge in [0.2, 0.25) is 0 Å². The molecule has 0 bridgehead atoms. The number of anilines is 1. The van der Waals surface area contributed by atoms with Crippen LogP contribution in [0, 0.1) is 0 Å². The third-order valence-electron chi connectivity index (χ3n) is 3.04. The number of benzene rings is 1. The van der Waals surface area contributed by atoms with Crippen LogP contribution in [0.1, 0.15) is 21.4 Å². The maximum atomic E-state index is 12.1. The Labute approximate surface area is 118 Å². The number of hydrogen-bond donors (Lipinski definition) is 1. The SMILES string of the molecule is CN1c2ccccc2C(=O)N[C@H]1c1cc(Br)cs1. The van der Waals surface area contributed by atoms with Crippen LogP contribution in [0.5, 0.6) is 0 Å². The van der Waals surface area contributed by atoms with Crippen molar-refractivity contribution < 1.29 is 4.79 Å². The lowest BCUT2D eigenvalue weighted by Crippen LogP contribution is -2.44. The standard InChI is InChI=1S/C13H11BrN2OS/c1-16-10-5-3-2-4-9(10)13(17)15-12(16)11-6-8(14)7-18-11/h2-7,12H,1H3,(H,15,17)/t12-/m1/s1. The molecule has 1 aromatic heterocycles. The first-order valence-corrected chi connectivity index (χ1v) is 7.21. The fourth-order valence-electron chi connectivity index (χ4n) is 2.14. The number of para-hydroxylation sites is 1. The topological polar surface area (TPSA) is 32.3 Å². The average Bonchev–Trinajstić information content (AvgIpc) is 2.80. The molecule has 1 aliphatic rings. The molecule has 3 nitrogen and oxygen atoms in total. The first-order chi connectivity index (χ1) is 8.66. The molecule has 1 N–H and O–H groups in total. The summed E-state index contributed by atoms with van der Waals surface area (Å²) in [6, 6.07) is 9.70. The van der Waals surface area contributed by atoms with Crippen LogP contribution in [-0.2, 0) is 0 Å². The third-order valence-corrected chi connectivity index (χ3v) is 4.79. The predicted molar refractivity (Wildman–Crippen MR) is 77.1 cm³/mol. The molecule has 0 saturated heterocycles.